The zero-order chi connectivity index (χ0) is 17.1. The molecule has 3 heterocycles. The van der Waals surface area contributed by atoms with Crippen molar-refractivity contribution in [2.75, 3.05) is 26.8 Å². The predicted octanol–water partition coefficient (Wildman–Crippen LogP) is 1.84. The van der Waals surface area contributed by atoms with Crippen molar-refractivity contribution in [2.45, 2.75) is 32.6 Å². The third-order valence-corrected chi connectivity index (χ3v) is 4.32. The first kappa shape index (κ1) is 16.6. The Morgan fingerprint density at radius 2 is 2.00 bits per heavy atom. The molecule has 3 rings (SSSR count). The minimum atomic E-state index is 0.0498. The highest BCUT2D eigenvalue weighted by atomic mass is 16.5. The lowest BCUT2D eigenvalue weighted by Crippen LogP contribution is -2.40. The second-order valence-electron chi connectivity index (χ2n) is 6.28. The van der Waals surface area contributed by atoms with Crippen LogP contribution in [0.25, 0.3) is 11.4 Å². The third kappa shape index (κ3) is 3.62. The lowest BCUT2D eigenvalue weighted by atomic mass is 9.95. The van der Waals surface area contributed by atoms with Gasteiger partial charge in [0.25, 0.3) is 0 Å². The van der Waals surface area contributed by atoms with Gasteiger partial charge in [-0.2, -0.15) is 5.10 Å². The molecule has 1 aliphatic rings. The lowest BCUT2D eigenvalue weighted by Gasteiger charge is -2.31. The summed E-state index contributed by atoms with van der Waals surface area (Å²) in [6.45, 7) is 5.54. The molecule has 1 saturated heterocycles. The zero-order valence-corrected chi connectivity index (χ0v) is 14.4. The number of carbonyl (C=O) groups excluding carboxylic acids is 1. The lowest BCUT2D eigenvalue weighted by molar-refractivity contribution is -0.136. The summed E-state index contributed by atoms with van der Waals surface area (Å²) in [5.41, 5.74) is 3.63. The number of likely N-dealkylation sites (tertiary alicyclic amines) is 1. The highest BCUT2D eigenvalue weighted by Gasteiger charge is 2.26. The van der Waals surface area contributed by atoms with Gasteiger partial charge in [0.05, 0.1) is 5.69 Å². The monoisotopic (exact) mass is 329 g/mol. The molecule has 0 saturated carbocycles. The van der Waals surface area contributed by atoms with E-state index in [1.807, 2.05) is 30.9 Å². The van der Waals surface area contributed by atoms with Gasteiger partial charge in [-0.3, -0.25) is 9.89 Å². The van der Waals surface area contributed by atoms with E-state index in [0.717, 1.165) is 54.5 Å². The molecule has 0 atom stereocenters. The van der Waals surface area contributed by atoms with Crippen molar-refractivity contribution in [2.24, 2.45) is 0 Å². The van der Waals surface area contributed by atoms with Crippen LogP contribution >= 0.6 is 0 Å². The molecule has 24 heavy (non-hydrogen) atoms. The highest BCUT2D eigenvalue weighted by molar-refractivity contribution is 5.77. The van der Waals surface area contributed by atoms with Crippen LogP contribution in [0.3, 0.4) is 0 Å². The van der Waals surface area contributed by atoms with Gasteiger partial charge in [-0.15, -0.1) is 0 Å². The van der Waals surface area contributed by atoms with Crippen molar-refractivity contribution >= 4 is 5.91 Å². The zero-order valence-electron chi connectivity index (χ0n) is 14.4. The standard InChI is InChI=1S/C17H23N5O2/c1-11-8-14(15-9-12(2)20-21-15)19-17(18-11)13-4-6-22(7-5-13)16(23)10-24-3/h8-9,13H,4-7,10H2,1-3H3,(H,20,21). The number of hydrogen-bond donors (Lipinski definition) is 1. The summed E-state index contributed by atoms with van der Waals surface area (Å²) in [5, 5.41) is 7.24. The van der Waals surface area contributed by atoms with Gasteiger partial charge < -0.3 is 9.64 Å². The Morgan fingerprint density at radius 3 is 2.62 bits per heavy atom. The first-order valence-electron chi connectivity index (χ1n) is 8.21. The molecular formula is C17H23N5O2. The Balaban J connectivity index is 1.74. The van der Waals surface area contributed by atoms with Crippen LogP contribution in [0.4, 0.5) is 0 Å². The van der Waals surface area contributed by atoms with E-state index in [-0.39, 0.29) is 18.4 Å². The third-order valence-electron chi connectivity index (χ3n) is 4.32. The fourth-order valence-electron chi connectivity index (χ4n) is 3.06. The Morgan fingerprint density at radius 1 is 1.25 bits per heavy atom. The van der Waals surface area contributed by atoms with Gasteiger partial charge >= 0.3 is 0 Å². The number of amides is 1. The quantitative estimate of drug-likeness (QED) is 0.925. The number of carbonyl (C=O) groups is 1. The van der Waals surface area contributed by atoms with Gasteiger partial charge in [0.2, 0.25) is 5.91 Å². The maximum atomic E-state index is 11.9. The van der Waals surface area contributed by atoms with Crippen LogP contribution in [0.15, 0.2) is 12.1 Å². The molecule has 1 aliphatic heterocycles. The summed E-state index contributed by atoms with van der Waals surface area (Å²) in [5.74, 6) is 1.17. The van der Waals surface area contributed by atoms with E-state index in [9.17, 15) is 4.79 Å². The number of ether oxygens (including phenoxy) is 1. The van der Waals surface area contributed by atoms with Crippen molar-refractivity contribution in [3.05, 3.63) is 29.3 Å². The van der Waals surface area contributed by atoms with Crippen LogP contribution in [0.1, 0.15) is 36.0 Å². The fraction of sp³-hybridized carbons (Fsp3) is 0.529. The maximum Gasteiger partial charge on any atom is 0.248 e. The molecule has 1 amide bonds. The first-order valence-corrected chi connectivity index (χ1v) is 8.21. The van der Waals surface area contributed by atoms with Crippen molar-refractivity contribution in [3.8, 4) is 11.4 Å². The molecule has 0 unspecified atom stereocenters. The van der Waals surface area contributed by atoms with Crippen LogP contribution in [-0.2, 0) is 9.53 Å². The van der Waals surface area contributed by atoms with Gasteiger partial charge in [-0.05, 0) is 38.8 Å². The minimum absolute atomic E-state index is 0.0498. The maximum absolute atomic E-state index is 11.9. The van der Waals surface area contributed by atoms with E-state index in [1.165, 1.54) is 0 Å². The number of H-pyrrole nitrogens is 1. The molecule has 2 aromatic rings. The average molecular weight is 329 g/mol. The van der Waals surface area contributed by atoms with E-state index in [4.69, 9.17) is 9.72 Å². The summed E-state index contributed by atoms with van der Waals surface area (Å²) in [4.78, 5) is 23.1. The number of piperidine rings is 1. The second kappa shape index (κ2) is 7.09. The average Bonchev–Trinajstić information content (AvgIpc) is 3.01. The Kier molecular flexibility index (Phi) is 4.89. The number of aromatic nitrogens is 4. The van der Waals surface area contributed by atoms with E-state index >= 15 is 0 Å². The summed E-state index contributed by atoms with van der Waals surface area (Å²) >= 11 is 0. The fourth-order valence-corrected chi connectivity index (χ4v) is 3.06. The number of methoxy groups -OCH3 is 1. The number of nitrogens with one attached hydrogen (secondary N) is 1. The second-order valence-corrected chi connectivity index (χ2v) is 6.28. The molecule has 1 fully saturated rings. The van der Waals surface area contributed by atoms with E-state index in [2.05, 4.69) is 15.2 Å². The van der Waals surface area contributed by atoms with Crippen LogP contribution in [0.2, 0.25) is 0 Å². The molecule has 7 nitrogen and oxygen atoms in total. The van der Waals surface area contributed by atoms with Gasteiger partial charge in [0, 0.05) is 37.5 Å². The molecule has 2 aromatic heterocycles. The van der Waals surface area contributed by atoms with Gasteiger partial charge in [-0.1, -0.05) is 0 Å². The van der Waals surface area contributed by atoms with Crippen LogP contribution in [0.5, 0.6) is 0 Å². The summed E-state index contributed by atoms with van der Waals surface area (Å²) in [7, 11) is 1.55. The molecule has 7 heteroatoms. The normalized spacial score (nSPS) is 15.7. The molecule has 1 N–H and O–H groups in total. The summed E-state index contributed by atoms with van der Waals surface area (Å²) in [6, 6.07) is 3.94. The largest absolute Gasteiger partial charge is 0.375 e. The van der Waals surface area contributed by atoms with Crippen LogP contribution in [-0.4, -0.2) is 57.8 Å². The van der Waals surface area contributed by atoms with E-state index in [0.29, 0.717) is 0 Å². The van der Waals surface area contributed by atoms with Crippen LogP contribution < -0.4 is 0 Å². The van der Waals surface area contributed by atoms with Crippen LogP contribution in [0, 0.1) is 13.8 Å². The Bertz CT molecular complexity index is 720. The number of aryl methyl sites for hydroxylation is 2. The smallest absolute Gasteiger partial charge is 0.248 e. The number of rotatable bonds is 4. The molecule has 0 radical (unpaired) electrons. The first-order chi connectivity index (χ1) is 11.6. The van der Waals surface area contributed by atoms with Gasteiger partial charge in [0.15, 0.2) is 0 Å². The topological polar surface area (TPSA) is 84.0 Å². The van der Waals surface area contributed by atoms with Gasteiger partial charge in [0.1, 0.15) is 18.1 Å². The van der Waals surface area contributed by atoms with Gasteiger partial charge in [-0.25, -0.2) is 9.97 Å². The SMILES string of the molecule is COCC(=O)N1CCC(c2nc(C)cc(-c3cc(C)[nH]n3)n2)CC1. The molecule has 0 aliphatic carbocycles. The predicted molar refractivity (Wildman–Crippen MR) is 89.5 cm³/mol. The van der Waals surface area contributed by atoms with Crippen molar-refractivity contribution in [3.63, 3.8) is 0 Å². The minimum Gasteiger partial charge on any atom is -0.375 e. The molecular weight excluding hydrogens is 306 g/mol. The van der Waals surface area contributed by atoms with Crippen molar-refractivity contribution in [1.29, 1.82) is 0 Å². The summed E-state index contributed by atoms with van der Waals surface area (Å²) < 4.78 is 4.92. The molecule has 0 bridgehead atoms. The Hall–Kier alpha value is -2.28. The molecule has 0 spiro atoms. The highest BCUT2D eigenvalue weighted by Crippen LogP contribution is 2.27. The van der Waals surface area contributed by atoms with E-state index in [1.54, 1.807) is 7.11 Å². The van der Waals surface area contributed by atoms with Crippen molar-refractivity contribution < 1.29 is 9.53 Å². The molecule has 0 aromatic carbocycles. The number of nitrogens with zero attached hydrogens (tertiary/aromatic N) is 4. The Labute approximate surface area is 141 Å². The van der Waals surface area contributed by atoms with E-state index < -0.39 is 0 Å². The molecule has 128 valence electrons. The summed E-state index contributed by atoms with van der Waals surface area (Å²) in [6.07, 6.45) is 1.75. The van der Waals surface area contributed by atoms with Crippen molar-refractivity contribution in [1.82, 2.24) is 25.1 Å². The number of aromatic amines is 1. The number of hydrogen-bond acceptors (Lipinski definition) is 5.